The van der Waals surface area contributed by atoms with Crippen molar-refractivity contribution < 1.29 is 9.59 Å². The molecule has 1 N–H and O–H groups in total. The SMILES string of the molecule is O=C(NC1CC1)N1CCCC(C(=O)N2CCCCCC2)C1. The Labute approximate surface area is 127 Å². The van der Waals surface area contributed by atoms with Crippen molar-refractivity contribution in [3.63, 3.8) is 0 Å². The van der Waals surface area contributed by atoms with E-state index in [0.717, 1.165) is 58.2 Å². The van der Waals surface area contributed by atoms with Crippen LogP contribution in [-0.4, -0.2) is 54.0 Å². The van der Waals surface area contributed by atoms with Gasteiger partial charge in [-0.05, 0) is 38.5 Å². The highest BCUT2D eigenvalue weighted by molar-refractivity contribution is 5.81. The first-order chi connectivity index (χ1) is 10.2. The molecule has 2 saturated heterocycles. The predicted molar refractivity (Wildman–Crippen MR) is 80.9 cm³/mol. The van der Waals surface area contributed by atoms with E-state index in [4.69, 9.17) is 0 Å². The van der Waals surface area contributed by atoms with Crippen molar-refractivity contribution in [2.75, 3.05) is 26.2 Å². The highest BCUT2D eigenvalue weighted by Crippen LogP contribution is 2.23. The zero-order valence-electron chi connectivity index (χ0n) is 12.9. The number of nitrogens with one attached hydrogen (secondary N) is 1. The standard InChI is InChI=1S/C16H27N3O2/c20-15(18-9-3-1-2-4-10-18)13-6-5-11-19(12-13)16(21)17-14-7-8-14/h13-14H,1-12H2,(H,17,21). The monoisotopic (exact) mass is 293 g/mol. The molecule has 0 aromatic carbocycles. The maximum Gasteiger partial charge on any atom is 0.317 e. The number of piperidine rings is 1. The Kier molecular flexibility index (Phi) is 4.66. The summed E-state index contributed by atoms with van der Waals surface area (Å²) in [7, 11) is 0. The van der Waals surface area contributed by atoms with Crippen molar-refractivity contribution in [3.8, 4) is 0 Å². The van der Waals surface area contributed by atoms with Crippen LogP contribution in [0.15, 0.2) is 0 Å². The number of hydrogen-bond donors (Lipinski definition) is 1. The Morgan fingerprint density at radius 1 is 0.810 bits per heavy atom. The lowest BCUT2D eigenvalue weighted by Gasteiger charge is -2.34. The van der Waals surface area contributed by atoms with Gasteiger partial charge in [0.2, 0.25) is 5.91 Å². The number of nitrogens with zero attached hydrogens (tertiary/aromatic N) is 2. The molecule has 2 aliphatic heterocycles. The van der Waals surface area contributed by atoms with Gasteiger partial charge in [0, 0.05) is 32.2 Å². The fraction of sp³-hybridized carbons (Fsp3) is 0.875. The van der Waals surface area contributed by atoms with Crippen molar-refractivity contribution >= 4 is 11.9 Å². The van der Waals surface area contributed by atoms with Gasteiger partial charge >= 0.3 is 6.03 Å². The van der Waals surface area contributed by atoms with E-state index in [-0.39, 0.29) is 17.9 Å². The quantitative estimate of drug-likeness (QED) is 0.846. The van der Waals surface area contributed by atoms with Crippen molar-refractivity contribution in [1.82, 2.24) is 15.1 Å². The van der Waals surface area contributed by atoms with Crippen molar-refractivity contribution in [2.24, 2.45) is 5.92 Å². The number of carbonyl (C=O) groups excluding carboxylic acids is 2. The van der Waals surface area contributed by atoms with Crippen LogP contribution in [0.4, 0.5) is 4.79 Å². The minimum absolute atomic E-state index is 0.0156. The van der Waals surface area contributed by atoms with Gasteiger partial charge in [0.15, 0.2) is 0 Å². The van der Waals surface area contributed by atoms with E-state index < -0.39 is 0 Å². The van der Waals surface area contributed by atoms with Gasteiger partial charge in [-0.2, -0.15) is 0 Å². The highest BCUT2D eigenvalue weighted by Gasteiger charge is 2.33. The molecule has 21 heavy (non-hydrogen) atoms. The number of urea groups is 1. The van der Waals surface area contributed by atoms with Gasteiger partial charge in [-0.25, -0.2) is 4.79 Å². The Bertz CT molecular complexity index is 387. The Morgan fingerprint density at radius 3 is 2.14 bits per heavy atom. The number of likely N-dealkylation sites (tertiary alicyclic amines) is 2. The van der Waals surface area contributed by atoms with Gasteiger partial charge in [0.25, 0.3) is 0 Å². The van der Waals surface area contributed by atoms with Crippen molar-refractivity contribution in [2.45, 2.75) is 57.4 Å². The molecule has 2 heterocycles. The lowest BCUT2D eigenvalue weighted by atomic mass is 9.96. The maximum atomic E-state index is 12.7. The molecule has 1 unspecified atom stereocenters. The van der Waals surface area contributed by atoms with Crippen LogP contribution < -0.4 is 5.32 Å². The lowest BCUT2D eigenvalue weighted by Crippen LogP contribution is -2.50. The molecule has 0 aromatic rings. The molecule has 1 atom stereocenters. The molecule has 1 saturated carbocycles. The third kappa shape index (κ3) is 3.89. The van der Waals surface area contributed by atoms with E-state index in [9.17, 15) is 9.59 Å². The molecule has 5 nitrogen and oxygen atoms in total. The number of amides is 3. The second-order valence-corrected chi connectivity index (χ2v) is 6.75. The molecule has 0 spiro atoms. The second-order valence-electron chi connectivity index (χ2n) is 6.75. The molecule has 3 fully saturated rings. The lowest BCUT2D eigenvalue weighted by molar-refractivity contribution is -0.136. The van der Waals surface area contributed by atoms with Crippen LogP contribution in [0.2, 0.25) is 0 Å². The summed E-state index contributed by atoms with van der Waals surface area (Å²) in [6.07, 6.45) is 8.83. The molecule has 118 valence electrons. The molecular weight excluding hydrogens is 266 g/mol. The Morgan fingerprint density at radius 2 is 1.48 bits per heavy atom. The van der Waals surface area contributed by atoms with Gasteiger partial charge in [-0.3, -0.25) is 4.79 Å². The minimum atomic E-state index is 0.0156. The summed E-state index contributed by atoms with van der Waals surface area (Å²) in [6.45, 7) is 3.21. The fourth-order valence-corrected chi connectivity index (χ4v) is 3.41. The molecular formula is C16H27N3O2. The Hall–Kier alpha value is -1.26. The summed E-state index contributed by atoms with van der Waals surface area (Å²) >= 11 is 0. The van der Waals surface area contributed by atoms with E-state index in [0.29, 0.717) is 12.6 Å². The summed E-state index contributed by atoms with van der Waals surface area (Å²) in [4.78, 5) is 28.7. The number of rotatable bonds is 2. The van der Waals surface area contributed by atoms with Gasteiger partial charge in [0.1, 0.15) is 0 Å². The minimum Gasteiger partial charge on any atom is -0.342 e. The summed E-state index contributed by atoms with van der Waals surface area (Å²) in [5, 5.41) is 3.03. The summed E-state index contributed by atoms with van der Waals surface area (Å²) in [5.74, 6) is 0.294. The average molecular weight is 293 g/mol. The van der Waals surface area contributed by atoms with Gasteiger partial charge in [-0.15, -0.1) is 0 Å². The fourth-order valence-electron chi connectivity index (χ4n) is 3.41. The molecule has 0 radical (unpaired) electrons. The molecule has 3 amide bonds. The first kappa shape index (κ1) is 14.7. The largest absolute Gasteiger partial charge is 0.342 e. The maximum absolute atomic E-state index is 12.7. The molecule has 0 aromatic heterocycles. The first-order valence-corrected chi connectivity index (χ1v) is 8.58. The van der Waals surface area contributed by atoms with Crippen LogP contribution in [0.3, 0.4) is 0 Å². The third-order valence-corrected chi connectivity index (χ3v) is 4.88. The zero-order valence-corrected chi connectivity index (χ0v) is 12.9. The van der Waals surface area contributed by atoms with E-state index in [2.05, 4.69) is 5.32 Å². The molecule has 3 aliphatic rings. The van der Waals surface area contributed by atoms with Crippen LogP contribution in [0.5, 0.6) is 0 Å². The van der Waals surface area contributed by atoms with E-state index >= 15 is 0 Å². The molecule has 1 aliphatic carbocycles. The molecule has 3 rings (SSSR count). The summed E-state index contributed by atoms with van der Waals surface area (Å²) in [6, 6.07) is 0.421. The molecule has 5 heteroatoms. The highest BCUT2D eigenvalue weighted by atomic mass is 16.2. The topological polar surface area (TPSA) is 52.7 Å². The van der Waals surface area contributed by atoms with Crippen LogP contribution in [-0.2, 0) is 4.79 Å². The second kappa shape index (κ2) is 6.67. The summed E-state index contributed by atoms with van der Waals surface area (Å²) < 4.78 is 0. The smallest absolute Gasteiger partial charge is 0.317 e. The summed E-state index contributed by atoms with van der Waals surface area (Å²) in [5.41, 5.74) is 0. The van der Waals surface area contributed by atoms with Crippen molar-refractivity contribution in [3.05, 3.63) is 0 Å². The van der Waals surface area contributed by atoms with Gasteiger partial charge < -0.3 is 15.1 Å². The predicted octanol–water partition coefficient (Wildman–Crippen LogP) is 1.97. The Balaban J connectivity index is 1.53. The van der Waals surface area contributed by atoms with Crippen LogP contribution in [0, 0.1) is 5.92 Å². The zero-order chi connectivity index (χ0) is 14.7. The first-order valence-electron chi connectivity index (χ1n) is 8.58. The number of hydrogen-bond acceptors (Lipinski definition) is 2. The average Bonchev–Trinajstić information content (AvgIpc) is 3.33. The van der Waals surface area contributed by atoms with E-state index in [1.807, 2.05) is 9.80 Å². The van der Waals surface area contributed by atoms with Crippen molar-refractivity contribution in [1.29, 1.82) is 0 Å². The van der Waals surface area contributed by atoms with E-state index in [1.54, 1.807) is 0 Å². The number of carbonyl (C=O) groups is 2. The van der Waals surface area contributed by atoms with Crippen LogP contribution in [0.25, 0.3) is 0 Å². The van der Waals surface area contributed by atoms with E-state index in [1.165, 1.54) is 12.8 Å². The van der Waals surface area contributed by atoms with Crippen LogP contribution in [0.1, 0.15) is 51.4 Å². The molecule has 0 bridgehead atoms. The normalized spacial score (nSPS) is 27.1. The van der Waals surface area contributed by atoms with Gasteiger partial charge in [0.05, 0.1) is 5.92 Å². The van der Waals surface area contributed by atoms with Crippen LogP contribution >= 0.6 is 0 Å². The van der Waals surface area contributed by atoms with Gasteiger partial charge in [-0.1, -0.05) is 12.8 Å². The third-order valence-electron chi connectivity index (χ3n) is 4.88.